The molecule has 0 aromatic heterocycles. The Kier molecular flexibility index (Phi) is 6.11. The molecule has 156 valence electrons. The number of methoxy groups -OCH3 is 2. The van der Waals surface area contributed by atoms with Crippen molar-refractivity contribution < 1.29 is 23.7 Å². The lowest BCUT2D eigenvalue weighted by Crippen LogP contribution is -2.31. The number of ether oxygens (including phenoxy) is 5. The van der Waals surface area contributed by atoms with E-state index in [1.165, 1.54) is 11.1 Å². The number of hydrogen-bond acceptors (Lipinski definition) is 6. The van der Waals surface area contributed by atoms with Gasteiger partial charge in [0.1, 0.15) is 0 Å². The number of nitrogens with zero attached hydrogens (tertiary/aromatic N) is 1. The minimum atomic E-state index is 0.265. The van der Waals surface area contributed by atoms with E-state index in [-0.39, 0.29) is 6.10 Å². The van der Waals surface area contributed by atoms with Gasteiger partial charge in [0.2, 0.25) is 6.79 Å². The van der Waals surface area contributed by atoms with Gasteiger partial charge in [0.05, 0.1) is 20.3 Å². The summed E-state index contributed by atoms with van der Waals surface area (Å²) in [6, 6.07) is 10.2. The van der Waals surface area contributed by atoms with Gasteiger partial charge in [0.25, 0.3) is 0 Å². The molecular weight excluding hydrogens is 370 g/mol. The first-order valence-electron chi connectivity index (χ1n) is 10.1. The standard InChI is InChI=1S/C23H29NO5/c1-16-10-21-22(29-15-28-21)11-18(16)13-24(14-19-7-5-9-27-19)12-17-6-4-8-20(25-2)23(17)26-3/h4,6,8,10-11,19H,5,7,9,12-15H2,1-3H3. The quantitative estimate of drug-likeness (QED) is 0.671. The topological polar surface area (TPSA) is 49.4 Å². The molecule has 29 heavy (non-hydrogen) atoms. The number of rotatable bonds is 8. The summed E-state index contributed by atoms with van der Waals surface area (Å²) in [4.78, 5) is 2.41. The van der Waals surface area contributed by atoms with E-state index in [4.69, 9.17) is 23.7 Å². The van der Waals surface area contributed by atoms with Crippen molar-refractivity contribution in [1.29, 1.82) is 0 Å². The third kappa shape index (κ3) is 4.43. The number of hydrogen-bond donors (Lipinski definition) is 0. The molecule has 2 aliphatic heterocycles. The lowest BCUT2D eigenvalue weighted by molar-refractivity contribution is 0.0675. The lowest BCUT2D eigenvalue weighted by atomic mass is 10.1. The SMILES string of the molecule is COc1cccc(CN(Cc2cc3c(cc2C)OCO3)CC2CCCO2)c1OC. The summed E-state index contributed by atoms with van der Waals surface area (Å²) in [5.74, 6) is 3.18. The Morgan fingerprint density at radius 2 is 1.83 bits per heavy atom. The molecule has 6 nitrogen and oxygen atoms in total. The molecule has 1 atom stereocenters. The van der Waals surface area contributed by atoms with Gasteiger partial charge in [-0.25, -0.2) is 0 Å². The van der Waals surface area contributed by atoms with Gasteiger partial charge >= 0.3 is 0 Å². The Hall–Kier alpha value is -2.44. The van der Waals surface area contributed by atoms with Crippen LogP contribution in [-0.2, 0) is 17.8 Å². The van der Waals surface area contributed by atoms with E-state index < -0.39 is 0 Å². The Morgan fingerprint density at radius 3 is 2.55 bits per heavy atom. The molecule has 1 fully saturated rings. The Balaban J connectivity index is 1.59. The summed E-state index contributed by atoms with van der Waals surface area (Å²) in [7, 11) is 3.36. The second-order valence-corrected chi connectivity index (χ2v) is 7.59. The second-order valence-electron chi connectivity index (χ2n) is 7.59. The molecule has 2 aromatic rings. The van der Waals surface area contributed by atoms with E-state index in [0.717, 1.165) is 67.6 Å². The van der Waals surface area contributed by atoms with E-state index >= 15 is 0 Å². The smallest absolute Gasteiger partial charge is 0.231 e. The predicted molar refractivity (Wildman–Crippen MR) is 110 cm³/mol. The molecule has 2 aliphatic rings. The molecule has 0 radical (unpaired) electrons. The molecular formula is C23H29NO5. The molecule has 1 saturated heterocycles. The Bertz CT molecular complexity index is 847. The number of fused-ring (bicyclic) bond motifs is 1. The van der Waals surface area contributed by atoms with E-state index in [0.29, 0.717) is 6.79 Å². The Morgan fingerprint density at radius 1 is 1.03 bits per heavy atom. The van der Waals surface area contributed by atoms with E-state index in [1.807, 2.05) is 12.1 Å². The van der Waals surface area contributed by atoms with Crippen molar-refractivity contribution in [2.24, 2.45) is 0 Å². The van der Waals surface area contributed by atoms with Crippen LogP contribution in [0.15, 0.2) is 30.3 Å². The van der Waals surface area contributed by atoms with Crippen LogP contribution in [0.2, 0.25) is 0 Å². The average molecular weight is 399 g/mol. The molecule has 0 amide bonds. The van der Waals surface area contributed by atoms with Crippen LogP contribution in [0.25, 0.3) is 0 Å². The molecule has 2 heterocycles. The minimum absolute atomic E-state index is 0.265. The van der Waals surface area contributed by atoms with Gasteiger partial charge in [0.15, 0.2) is 23.0 Å². The fraction of sp³-hybridized carbons (Fsp3) is 0.478. The van der Waals surface area contributed by atoms with Crippen molar-refractivity contribution in [1.82, 2.24) is 4.90 Å². The van der Waals surface area contributed by atoms with Gasteiger partial charge in [-0.15, -0.1) is 0 Å². The van der Waals surface area contributed by atoms with Crippen molar-refractivity contribution >= 4 is 0 Å². The zero-order chi connectivity index (χ0) is 20.2. The molecule has 0 spiro atoms. The predicted octanol–water partition coefficient (Wildman–Crippen LogP) is 3.92. The summed E-state index contributed by atoms with van der Waals surface area (Å²) >= 11 is 0. The van der Waals surface area contributed by atoms with Crippen LogP contribution in [0.3, 0.4) is 0 Å². The van der Waals surface area contributed by atoms with E-state index in [1.54, 1.807) is 14.2 Å². The highest BCUT2D eigenvalue weighted by Crippen LogP contribution is 2.36. The summed E-state index contributed by atoms with van der Waals surface area (Å²) in [6.45, 7) is 5.67. The second kappa shape index (κ2) is 8.93. The van der Waals surface area contributed by atoms with Crippen LogP contribution >= 0.6 is 0 Å². The zero-order valence-electron chi connectivity index (χ0n) is 17.4. The summed E-state index contributed by atoms with van der Waals surface area (Å²) in [5.41, 5.74) is 3.53. The number of para-hydroxylation sites is 1. The zero-order valence-corrected chi connectivity index (χ0v) is 17.4. The fourth-order valence-corrected chi connectivity index (χ4v) is 4.08. The Labute approximate surface area is 172 Å². The van der Waals surface area contributed by atoms with Crippen molar-refractivity contribution in [3.8, 4) is 23.0 Å². The maximum Gasteiger partial charge on any atom is 0.231 e. The molecule has 0 aliphatic carbocycles. The van der Waals surface area contributed by atoms with Crippen LogP contribution in [0, 0.1) is 6.92 Å². The van der Waals surface area contributed by atoms with Gasteiger partial charge in [-0.2, -0.15) is 0 Å². The van der Waals surface area contributed by atoms with Crippen LogP contribution < -0.4 is 18.9 Å². The largest absolute Gasteiger partial charge is 0.493 e. The van der Waals surface area contributed by atoms with Crippen LogP contribution in [0.1, 0.15) is 29.5 Å². The maximum atomic E-state index is 5.92. The number of benzene rings is 2. The van der Waals surface area contributed by atoms with Crippen LogP contribution in [0.4, 0.5) is 0 Å². The highest BCUT2D eigenvalue weighted by atomic mass is 16.7. The fourth-order valence-electron chi connectivity index (χ4n) is 4.08. The third-order valence-electron chi connectivity index (χ3n) is 5.59. The molecule has 1 unspecified atom stereocenters. The average Bonchev–Trinajstić information content (AvgIpc) is 3.39. The molecule has 0 bridgehead atoms. The van der Waals surface area contributed by atoms with Crippen molar-refractivity contribution in [2.75, 3.05) is 34.2 Å². The molecule has 0 N–H and O–H groups in total. The van der Waals surface area contributed by atoms with Crippen LogP contribution in [-0.4, -0.2) is 45.2 Å². The van der Waals surface area contributed by atoms with E-state index in [2.05, 4.69) is 30.0 Å². The molecule has 6 heteroatoms. The molecule has 4 rings (SSSR count). The van der Waals surface area contributed by atoms with Gasteiger partial charge in [-0.05, 0) is 49.1 Å². The van der Waals surface area contributed by atoms with Gasteiger partial charge < -0.3 is 23.7 Å². The summed E-state index contributed by atoms with van der Waals surface area (Å²) in [6.07, 6.45) is 2.50. The first-order chi connectivity index (χ1) is 14.2. The molecule has 0 saturated carbocycles. The molecule has 2 aromatic carbocycles. The van der Waals surface area contributed by atoms with E-state index in [9.17, 15) is 0 Å². The highest BCUT2D eigenvalue weighted by molar-refractivity contribution is 5.49. The summed E-state index contributed by atoms with van der Waals surface area (Å²) < 4.78 is 28.2. The first-order valence-corrected chi connectivity index (χ1v) is 10.1. The third-order valence-corrected chi connectivity index (χ3v) is 5.59. The normalized spacial score (nSPS) is 17.7. The van der Waals surface area contributed by atoms with Crippen molar-refractivity contribution in [3.05, 3.63) is 47.0 Å². The van der Waals surface area contributed by atoms with Crippen molar-refractivity contribution in [3.63, 3.8) is 0 Å². The number of aryl methyl sites for hydroxylation is 1. The lowest BCUT2D eigenvalue weighted by Gasteiger charge is -2.27. The summed E-state index contributed by atoms with van der Waals surface area (Å²) in [5, 5.41) is 0. The van der Waals surface area contributed by atoms with Gasteiger partial charge in [-0.3, -0.25) is 4.90 Å². The maximum absolute atomic E-state index is 5.92. The first kappa shape index (κ1) is 19.9. The minimum Gasteiger partial charge on any atom is -0.493 e. The van der Waals surface area contributed by atoms with Gasteiger partial charge in [0, 0.05) is 31.8 Å². The van der Waals surface area contributed by atoms with Gasteiger partial charge in [-0.1, -0.05) is 12.1 Å². The monoisotopic (exact) mass is 399 g/mol. The highest BCUT2D eigenvalue weighted by Gasteiger charge is 2.23. The van der Waals surface area contributed by atoms with Crippen molar-refractivity contribution in [2.45, 2.75) is 39.0 Å². The van der Waals surface area contributed by atoms with Crippen LogP contribution in [0.5, 0.6) is 23.0 Å².